The molecule has 13 aromatic rings. The van der Waals surface area contributed by atoms with Crippen molar-refractivity contribution in [2.24, 2.45) is 0 Å². The second-order valence-corrected chi connectivity index (χ2v) is 17.2. The van der Waals surface area contributed by atoms with Gasteiger partial charge in [0.2, 0.25) is 5.95 Å². The van der Waals surface area contributed by atoms with Gasteiger partial charge >= 0.3 is 0 Å². The fourth-order valence-corrected chi connectivity index (χ4v) is 10.0. The molecule has 3 aromatic heterocycles. The zero-order chi connectivity index (χ0) is 45.0. The van der Waals surface area contributed by atoms with Gasteiger partial charge in [0.25, 0.3) is 0 Å². The van der Waals surface area contributed by atoms with Crippen LogP contribution in [0.25, 0.3) is 123 Å². The molecule has 3 heterocycles. The van der Waals surface area contributed by atoms with Gasteiger partial charge in [-0.05, 0) is 81.4 Å². The van der Waals surface area contributed by atoms with Crippen LogP contribution in [-0.2, 0) is 0 Å². The van der Waals surface area contributed by atoms with E-state index in [1.807, 2.05) is 12.1 Å². The van der Waals surface area contributed by atoms with Gasteiger partial charge in [-0.3, -0.25) is 4.57 Å². The molecule has 318 valence electrons. The summed E-state index contributed by atoms with van der Waals surface area (Å²) in [4.78, 5) is 16.1. The number of benzene rings is 10. The van der Waals surface area contributed by atoms with Crippen molar-refractivity contribution in [3.63, 3.8) is 0 Å². The highest BCUT2D eigenvalue weighted by Crippen LogP contribution is 2.44. The summed E-state index contributed by atoms with van der Waals surface area (Å²) in [6.07, 6.45) is 0. The Balaban J connectivity index is 1.08. The molecule has 0 fully saturated rings. The number of hydrogen-bond acceptors (Lipinski definition) is 3. The molecule has 68 heavy (non-hydrogen) atoms. The van der Waals surface area contributed by atoms with Crippen LogP contribution in [0.3, 0.4) is 0 Å². The van der Waals surface area contributed by atoms with Crippen LogP contribution in [0, 0.1) is 0 Å². The lowest BCUT2D eigenvalue weighted by Crippen LogP contribution is -2.06. The van der Waals surface area contributed by atoms with Crippen molar-refractivity contribution in [3.8, 4) is 78.9 Å². The molecule has 0 saturated carbocycles. The summed E-state index contributed by atoms with van der Waals surface area (Å²) in [6, 6.07) is 88.2. The van der Waals surface area contributed by atoms with E-state index in [-0.39, 0.29) is 0 Å². The molecule has 0 spiro atoms. The van der Waals surface area contributed by atoms with Crippen LogP contribution >= 0.6 is 0 Å². The molecule has 0 aliphatic rings. The Bertz CT molecular complexity index is 3900. The third kappa shape index (κ3) is 6.68. The predicted octanol–water partition coefficient (Wildman–Crippen LogP) is 16.1. The van der Waals surface area contributed by atoms with Crippen molar-refractivity contribution >= 4 is 43.6 Å². The molecule has 10 aromatic carbocycles. The summed E-state index contributed by atoms with van der Waals surface area (Å²) < 4.78 is 4.70. The first-order valence-electron chi connectivity index (χ1n) is 23.0. The normalized spacial score (nSPS) is 11.5. The highest BCUT2D eigenvalue weighted by molar-refractivity contribution is 6.29. The summed E-state index contributed by atoms with van der Waals surface area (Å²) in [6.45, 7) is 0. The van der Waals surface area contributed by atoms with Crippen LogP contribution in [0.1, 0.15) is 0 Å². The van der Waals surface area contributed by atoms with E-state index >= 15 is 0 Å². The Hall–Kier alpha value is -9.19. The third-order valence-corrected chi connectivity index (χ3v) is 13.2. The van der Waals surface area contributed by atoms with Gasteiger partial charge in [0.1, 0.15) is 0 Å². The topological polar surface area (TPSA) is 48.5 Å². The quantitative estimate of drug-likeness (QED) is 0.153. The molecule has 0 aliphatic heterocycles. The number of fused-ring (bicyclic) bond motifs is 7. The Morgan fingerprint density at radius 1 is 0.250 bits per heavy atom. The van der Waals surface area contributed by atoms with Crippen LogP contribution in [0.15, 0.2) is 249 Å². The molecule has 0 aliphatic carbocycles. The molecule has 13 rings (SSSR count). The van der Waals surface area contributed by atoms with Gasteiger partial charge in [0, 0.05) is 38.2 Å². The Labute approximate surface area is 393 Å². The van der Waals surface area contributed by atoms with Gasteiger partial charge in [-0.2, -0.15) is 9.97 Å². The summed E-state index contributed by atoms with van der Waals surface area (Å²) in [5.41, 5.74) is 16.3. The highest BCUT2D eigenvalue weighted by Gasteiger charge is 2.24. The Kier molecular flexibility index (Phi) is 9.43. The van der Waals surface area contributed by atoms with Gasteiger partial charge in [0.05, 0.1) is 27.8 Å². The van der Waals surface area contributed by atoms with Crippen molar-refractivity contribution in [3.05, 3.63) is 249 Å². The van der Waals surface area contributed by atoms with Crippen molar-refractivity contribution in [2.45, 2.75) is 0 Å². The predicted molar refractivity (Wildman–Crippen MR) is 281 cm³/mol. The highest BCUT2D eigenvalue weighted by atomic mass is 15.2. The summed E-state index contributed by atoms with van der Waals surface area (Å²) in [5.74, 6) is 1.75. The number of nitrogens with zero attached hydrogens (tertiary/aromatic N) is 5. The number of para-hydroxylation sites is 2. The van der Waals surface area contributed by atoms with Crippen molar-refractivity contribution in [1.29, 1.82) is 0 Å². The average molecular weight is 868 g/mol. The van der Waals surface area contributed by atoms with Crippen molar-refractivity contribution < 1.29 is 0 Å². The van der Waals surface area contributed by atoms with E-state index < -0.39 is 0 Å². The molecular weight excluding hydrogens is 827 g/mol. The van der Waals surface area contributed by atoms with Gasteiger partial charge in [-0.1, -0.05) is 206 Å². The molecule has 5 nitrogen and oxygen atoms in total. The van der Waals surface area contributed by atoms with Gasteiger partial charge < -0.3 is 4.57 Å². The smallest absolute Gasteiger partial charge is 0.238 e. The standard InChI is InChI=1S/C63H41N5/c1-5-19-42(20-6-1)46-27-17-29-49(39-46)61-64-62(50-30-18-28-47(40-50)43-21-7-2-8-22-43)66-63(65-61)68-55-34-16-14-32-53(55)60-57(68)38-37-56-59(60)52-31-13-15-33-54(52)67(56)58-41-48(44-23-9-3-10-24-44)35-36-51(58)45-25-11-4-12-26-45/h1-41H. The zero-order valence-electron chi connectivity index (χ0n) is 36.9. The van der Waals surface area contributed by atoms with Gasteiger partial charge in [-0.15, -0.1) is 0 Å². The first kappa shape index (κ1) is 39.2. The molecule has 0 atom stereocenters. The summed E-state index contributed by atoms with van der Waals surface area (Å²) in [7, 11) is 0. The minimum atomic E-state index is 0.552. The molecule has 0 bridgehead atoms. The maximum absolute atomic E-state index is 5.40. The summed E-state index contributed by atoms with van der Waals surface area (Å²) in [5, 5.41) is 4.62. The average Bonchev–Trinajstić information content (AvgIpc) is 3.94. The molecule has 0 saturated heterocycles. The van der Waals surface area contributed by atoms with E-state index in [0.29, 0.717) is 17.6 Å². The monoisotopic (exact) mass is 867 g/mol. The number of rotatable bonds is 8. The van der Waals surface area contributed by atoms with Crippen LogP contribution in [0.5, 0.6) is 0 Å². The zero-order valence-corrected chi connectivity index (χ0v) is 36.9. The van der Waals surface area contributed by atoms with E-state index in [1.54, 1.807) is 0 Å². The lowest BCUT2D eigenvalue weighted by atomic mass is 9.98. The summed E-state index contributed by atoms with van der Waals surface area (Å²) >= 11 is 0. The maximum atomic E-state index is 5.40. The molecule has 0 amide bonds. The first-order valence-corrected chi connectivity index (χ1v) is 23.0. The van der Waals surface area contributed by atoms with Gasteiger partial charge in [0.15, 0.2) is 11.6 Å². The largest absolute Gasteiger partial charge is 0.309 e. The van der Waals surface area contributed by atoms with Crippen molar-refractivity contribution in [2.75, 3.05) is 0 Å². The van der Waals surface area contributed by atoms with E-state index in [1.165, 1.54) is 16.3 Å². The molecule has 5 heteroatoms. The minimum absolute atomic E-state index is 0.552. The van der Waals surface area contributed by atoms with E-state index in [4.69, 9.17) is 15.0 Å². The lowest BCUT2D eigenvalue weighted by molar-refractivity contribution is 0.953. The van der Waals surface area contributed by atoms with E-state index in [0.717, 1.165) is 88.6 Å². The minimum Gasteiger partial charge on any atom is -0.309 e. The van der Waals surface area contributed by atoms with Crippen LogP contribution in [0.2, 0.25) is 0 Å². The Morgan fingerprint density at radius 3 is 1.16 bits per heavy atom. The third-order valence-electron chi connectivity index (χ3n) is 13.2. The molecular formula is C63H41N5. The molecule has 0 N–H and O–H groups in total. The molecule has 0 unspecified atom stereocenters. The van der Waals surface area contributed by atoms with Crippen LogP contribution in [-0.4, -0.2) is 24.1 Å². The maximum Gasteiger partial charge on any atom is 0.238 e. The number of hydrogen-bond donors (Lipinski definition) is 0. The molecule has 0 radical (unpaired) electrons. The second kappa shape index (κ2) is 16.4. The first-order chi connectivity index (χ1) is 33.7. The SMILES string of the molecule is c1ccc(-c2cccc(-c3nc(-c4cccc(-c5ccccc5)c4)nc(-n4c5ccccc5c5c6c7ccccc7n(-c7cc(-c8ccccc8)ccc7-c7ccccc7)c6ccc54)n3)c2)cc1. The van der Waals surface area contributed by atoms with E-state index in [2.05, 4.69) is 246 Å². The van der Waals surface area contributed by atoms with Crippen molar-refractivity contribution in [1.82, 2.24) is 24.1 Å². The second-order valence-electron chi connectivity index (χ2n) is 17.2. The van der Waals surface area contributed by atoms with Crippen LogP contribution in [0.4, 0.5) is 0 Å². The van der Waals surface area contributed by atoms with E-state index in [9.17, 15) is 0 Å². The lowest BCUT2D eigenvalue weighted by Gasteiger charge is -2.16. The fraction of sp³-hybridized carbons (Fsp3) is 0. The van der Waals surface area contributed by atoms with Gasteiger partial charge in [-0.25, -0.2) is 4.98 Å². The Morgan fingerprint density at radius 2 is 0.647 bits per heavy atom. The fourth-order valence-electron chi connectivity index (χ4n) is 10.0. The number of aromatic nitrogens is 5. The van der Waals surface area contributed by atoms with Crippen LogP contribution < -0.4 is 0 Å².